The Morgan fingerprint density at radius 3 is 2.13 bits per heavy atom. The zero-order chi connectivity index (χ0) is 32.2. The number of likely N-dealkylation sites (tertiary alicyclic amines) is 2. The van der Waals surface area contributed by atoms with Gasteiger partial charge in [-0.2, -0.15) is 0 Å². The summed E-state index contributed by atoms with van der Waals surface area (Å²) < 4.78 is 0. The number of nitrogens with two attached hydrogens (primary N) is 1. The highest BCUT2D eigenvalue weighted by molar-refractivity contribution is 6.33. The quantitative estimate of drug-likeness (QED) is 0.259. The first-order valence-electron chi connectivity index (χ1n) is 15.6. The number of nitrogens with zero attached hydrogens (tertiary/aromatic N) is 3. The lowest BCUT2D eigenvalue weighted by atomic mass is 10.0. The second-order valence-electron chi connectivity index (χ2n) is 12.1. The van der Waals surface area contributed by atoms with E-state index in [1.165, 1.54) is 0 Å². The van der Waals surface area contributed by atoms with E-state index in [4.69, 9.17) is 17.3 Å². The van der Waals surface area contributed by atoms with Crippen molar-refractivity contribution in [2.75, 3.05) is 39.0 Å². The number of pyridine rings is 1. The van der Waals surface area contributed by atoms with Crippen LogP contribution in [0.5, 0.6) is 0 Å². The molecule has 0 spiro atoms. The number of hydrogen-bond acceptors (Lipinski definition) is 6. The number of carbonyl (C=O) groups excluding carboxylic acids is 3. The van der Waals surface area contributed by atoms with Crippen LogP contribution < -0.4 is 16.4 Å². The minimum atomic E-state index is -0.343. The predicted molar refractivity (Wildman–Crippen MR) is 181 cm³/mol. The largest absolute Gasteiger partial charge is 0.383 e. The summed E-state index contributed by atoms with van der Waals surface area (Å²) in [6.45, 7) is 2.87. The monoisotopic (exact) mass is 636 g/mol. The van der Waals surface area contributed by atoms with Crippen LogP contribution in [0.15, 0.2) is 85.1 Å². The Morgan fingerprint density at radius 1 is 0.783 bits per heavy atom. The number of piperidine rings is 1. The maximum atomic E-state index is 13.3. The standard InChI is InChI=1S/C36H37ClN6O3/c1-42-17-14-28(15-18-42)40-34(44)25-10-6-23(7-11-25)27-20-31(33(38)39-21-27)35(45)41-29-16-19-43(22-29)36(46)26-12-8-24(9-13-26)30-4-2-3-5-32(30)37/h2-13,20-21,28-29H,14-19,22H2,1H3,(H2,38,39)(H,40,44)(H,41,45)/t29-/m1/s1. The molecule has 1 aromatic heterocycles. The molecule has 0 saturated carbocycles. The molecule has 3 aromatic carbocycles. The van der Waals surface area contributed by atoms with Crippen LogP contribution in [0.3, 0.4) is 0 Å². The van der Waals surface area contributed by atoms with Gasteiger partial charge in [0.05, 0.1) is 5.56 Å². The number of nitrogen functional groups attached to an aromatic ring is 1. The molecule has 6 rings (SSSR count). The fraction of sp³-hybridized carbons (Fsp3) is 0.278. The minimum absolute atomic E-state index is 0.0881. The summed E-state index contributed by atoms with van der Waals surface area (Å²) in [7, 11) is 2.09. The number of benzene rings is 3. The second kappa shape index (κ2) is 13.7. The Hall–Kier alpha value is -4.73. The van der Waals surface area contributed by atoms with Gasteiger partial charge in [-0.05, 0) is 86.9 Å². The number of nitrogens with one attached hydrogen (secondary N) is 2. The highest BCUT2D eigenvalue weighted by Crippen LogP contribution is 2.28. The van der Waals surface area contributed by atoms with Crippen molar-refractivity contribution in [3.63, 3.8) is 0 Å². The van der Waals surface area contributed by atoms with Crippen LogP contribution in [0.25, 0.3) is 22.3 Å². The fourth-order valence-electron chi connectivity index (χ4n) is 6.05. The zero-order valence-corrected chi connectivity index (χ0v) is 26.5. The van der Waals surface area contributed by atoms with E-state index in [2.05, 4.69) is 27.6 Å². The first kappa shape index (κ1) is 31.3. The lowest BCUT2D eigenvalue weighted by Crippen LogP contribution is -2.43. The van der Waals surface area contributed by atoms with Crippen molar-refractivity contribution < 1.29 is 14.4 Å². The van der Waals surface area contributed by atoms with E-state index < -0.39 is 0 Å². The average molecular weight is 637 g/mol. The number of hydrogen-bond donors (Lipinski definition) is 3. The number of rotatable bonds is 7. The molecule has 0 radical (unpaired) electrons. The normalized spacial score (nSPS) is 17.1. The zero-order valence-electron chi connectivity index (χ0n) is 25.7. The molecule has 1 atom stereocenters. The van der Waals surface area contributed by atoms with Gasteiger partial charge in [0, 0.05) is 58.6 Å². The Balaban J connectivity index is 1.06. The van der Waals surface area contributed by atoms with E-state index in [9.17, 15) is 14.4 Å². The summed E-state index contributed by atoms with van der Waals surface area (Å²) in [5.41, 5.74) is 10.9. The van der Waals surface area contributed by atoms with Gasteiger partial charge in [-0.25, -0.2) is 4.98 Å². The van der Waals surface area contributed by atoms with Crippen LogP contribution in [0.2, 0.25) is 5.02 Å². The smallest absolute Gasteiger partial charge is 0.255 e. The molecule has 2 aliphatic heterocycles. The summed E-state index contributed by atoms with van der Waals surface area (Å²) in [6.07, 6.45) is 4.13. The van der Waals surface area contributed by atoms with Gasteiger partial charge in [-0.15, -0.1) is 0 Å². The van der Waals surface area contributed by atoms with Crippen LogP contribution in [-0.4, -0.2) is 77.8 Å². The summed E-state index contributed by atoms with van der Waals surface area (Å²) >= 11 is 6.33. The third-order valence-corrected chi connectivity index (χ3v) is 9.15. The molecule has 3 amide bonds. The molecule has 4 N–H and O–H groups in total. The molecule has 236 valence electrons. The molecule has 10 heteroatoms. The van der Waals surface area contributed by atoms with Gasteiger partial charge >= 0.3 is 0 Å². The van der Waals surface area contributed by atoms with Crippen molar-refractivity contribution in [3.8, 4) is 22.3 Å². The van der Waals surface area contributed by atoms with Crippen molar-refractivity contribution in [1.29, 1.82) is 0 Å². The first-order chi connectivity index (χ1) is 22.2. The highest BCUT2D eigenvalue weighted by atomic mass is 35.5. The summed E-state index contributed by atoms with van der Waals surface area (Å²) in [4.78, 5) is 47.6. The van der Waals surface area contributed by atoms with Crippen LogP contribution in [0.1, 0.15) is 50.3 Å². The third kappa shape index (κ3) is 7.06. The SMILES string of the molecule is CN1CCC(NC(=O)c2ccc(-c3cnc(N)c(C(=O)N[C@@H]4CCN(C(=O)c5ccc(-c6ccccc6Cl)cc5)C4)c3)cc2)CC1. The number of carbonyl (C=O) groups is 3. The van der Waals surface area contributed by atoms with Gasteiger partial charge in [0.25, 0.3) is 17.7 Å². The first-order valence-corrected chi connectivity index (χ1v) is 15.9. The van der Waals surface area contributed by atoms with E-state index >= 15 is 0 Å². The lowest BCUT2D eigenvalue weighted by molar-refractivity contribution is 0.0783. The Labute approximate surface area is 273 Å². The maximum Gasteiger partial charge on any atom is 0.255 e. The predicted octanol–water partition coefficient (Wildman–Crippen LogP) is 5.12. The van der Waals surface area contributed by atoms with E-state index in [-0.39, 0.29) is 41.2 Å². The van der Waals surface area contributed by atoms with Gasteiger partial charge in [0.1, 0.15) is 5.82 Å². The van der Waals surface area contributed by atoms with Crippen LogP contribution in [-0.2, 0) is 0 Å². The second-order valence-corrected chi connectivity index (χ2v) is 12.5. The summed E-state index contributed by atoms with van der Waals surface area (Å²) in [5.74, 6) is -0.395. The fourth-order valence-corrected chi connectivity index (χ4v) is 6.29. The van der Waals surface area contributed by atoms with Crippen molar-refractivity contribution in [1.82, 2.24) is 25.4 Å². The Morgan fingerprint density at radius 2 is 1.41 bits per heavy atom. The van der Waals surface area contributed by atoms with Gasteiger partial charge < -0.3 is 26.2 Å². The molecular formula is C36H37ClN6O3. The molecule has 2 aliphatic rings. The average Bonchev–Trinajstić information content (AvgIpc) is 3.54. The molecule has 9 nitrogen and oxygen atoms in total. The molecule has 3 heterocycles. The molecule has 0 aliphatic carbocycles. The number of anilines is 1. The number of aromatic nitrogens is 1. The lowest BCUT2D eigenvalue weighted by Gasteiger charge is -2.29. The molecular weight excluding hydrogens is 600 g/mol. The van der Waals surface area contributed by atoms with Gasteiger partial charge in [-0.3, -0.25) is 14.4 Å². The van der Waals surface area contributed by atoms with Gasteiger partial charge in [0.15, 0.2) is 0 Å². The number of amides is 3. The van der Waals surface area contributed by atoms with Crippen LogP contribution in [0, 0.1) is 0 Å². The van der Waals surface area contributed by atoms with Gasteiger partial charge in [-0.1, -0.05) is 54.1 Å². The highest BCUT2D eigenvalue weighted by Gasteiger charge is 2.29. The number of halogens is 1. The Kier molecular flexibility index (Phi) is 9.33. The third-order valence-electron chi connectivity index (χ3n) is 8.82. The summed E-state index contributed by atoms with van der Waals surface area (Å²) in [5, 5.41) is 6.82. The minimum Gasteiger partial charge on any atom is -0.383 e. The van der Waals surface area contributed by atoms with E-state index in [0.29, 0.717) is 41.2 Å². The molecule has 2 saturated heterocycles. The van der Waals surface area contributed by atoms with E-state index in [1.807, 2.05) is 48.5 Å². The van der Waals surface area contributed by atoms with Crippen molar-refractivity contribution >= 4 is 35.1 Å². The van der Waals surface area contributed by atoms with E-state index in [0.717, 1.165) is 42.6 Å². The van der Waals surface area contributed by atoms with Crippen molar-refractivity contribution in [2.45, 2.75) is 31.3 Å². The molecule has 2 fully saturated rings. The molecule has 0 unspecified atom stereocenters. The van der Waals surface area contributed by atoms with E-state index in [1.54, 1.807) is 41.4 Å². The summed E-state index contributed by atoms with van der Waals surface area (Å²) in [6, 6.07) is 23.9. The van der Waals surface area contributed by atoms with Gasteiger partial charge in [0.2, 0.25) is 0 Å². The maximum absolute atomic E-state index is 13.3. The van der Waals surface area contributed by atoms with Crippen LogP contribution >= 0.6 is 11.6 Å². The van der Waals surface area contributed by atoms with Crippen molar-refractivity contribution in [3.05, 3.63) is 107 Å². The molecule has 0 bridgehead atoms. The Bertz CT molecular complexity index is 1740. The topological polar surface area (TPSA) is 121 Å². The van der Waals surface area contributed by atoms with Crippen LogP contribution in [0.4, 0.5) is 5.82 Å². The molecule has 4 aromatic rings. The van der Waals surface area contributed by atoms with Crippen molar-refractivity contribution in [2.24, 2.45) is 0 Å². The molecule has 46 heavy (non-hydrogen) atoms.